The van der Waals surface area contributed by atoms with E-state index in [0.29, 0.717) is 11.1 Å². The van der Waals surface area contributed by atoms with Crippen LogP contribution < -0.4 is 4.90 Å². The lowest BCUT2D eigenvalue weighted by molar-refractivity contribution is -0.117. The molecular weight excluding hydrogens is 358 g/mol. The third-order valence-corrected chi connectivity index (χ3v) is 5.37. The molecule has 0 bridgehead atoms. The Bertz CT molecular complexity index is 892. The minimum absolute atomic E-state index is 0.00379. The molecule has 7 heteroatoms. The zero-order chi connectivity index (χ0) is 19.4. The summed E-state index contributed by atoms with van der Waals surface area (Å²) in [5, 5.41) is 12.2. The zero-order valence-electron chi connectivity index (χ0n) is 15.9. The van der Waals surface area contributed by atoms with Crippen molar-refractivity contribution in [2.75, 3.05) is 11.9 Å². The maximum atomic E-state index is 12.8. The molecule has 0 aliphatic heterocycles. The summed E-state index contributed by atoms with van der Waals surface area (Å²) in [5.74, 6) is 0.462. The molecule has 0 aliphatic carbocycles. The Morgan fingerprint density at radius 2 is 1.70 bits per heavy atom. The van der Waals surface area contributed by atoms with E-state index >= 15 is 0 Å². The van der Waals surface area contributed by atoms with Crippen LogP contribution in [0.3, 0.4) is 0 Å². The molecule has 1 atom stereocenters. The molecule has 1 amide bonds. The summed E-state index contributed by atoms with van der Waals surface area (Å²) in [6, 6.07) is 17.7. The normalized spacial score (nSPS) is 12.2. The second kappa shape index (κ2) is 8.35. The SMILES string of the molecule is CC(Sc1nnnn1-c1ccc(C(C)C)cc1)C(=O)N(C)c1ccccc1. The van der Waals surface area contributed by atoms with Gasteiger partial charge in [0.2, 0.25) is 11.1 Å². The van der Waals surface area contributed by atoms with Gasteiger partial charge in [0.1, 0.15) is 0 Å². The van der Waals surface area contributed by atoms with Gasteiger partial charge in [-0.25, -0.2) is 0 Å². The monoisotopic (exact) mass is 381 g/mol. The maximum Gasteiger partial charge on any atom is 0.240 e. The van der Waals surface area contributed by atoms with Crippen LogP contribution in [0.5, 0.6) is 0 Å². The van der Waals surface area contributed by atoms with Gasteiger partial charge in [0.15, 0.2) is 0 Å². The predicted molar refractivity (Wildman–Crippen MR) is 108 cm³/mol. The van der Waals surface area contributed by atoms with Crippen molar-refractivity contribution in [3.63, 3.8) is 0 Å². The number of aromatic nitrogens is 4. The molecular formula is C20H23N5OS. The van der Waals surface area contributed by atoms with Gasteiger partial charge in [0.25, 0.3) is 0 Å². The van der Waals surface area contributed by atoms with Crippen molar-refractivity contribution >= 4 is 23.4 Å². The molecule has 140 valence electrons. The second-order valence-electron chi connectivity index (χ2n) is 6.61. The summed E-state index contributed by atoms with van der Waals surface area (Å²) in [7, 11) is 1.78. The molecule has 1 aromatic heterocycles. The average Bonchev–Trinajstić information content (AvgIpc) is 3.15. The predicted octanol–water partition coefficient (Wildman–Crippen LogP) is 3.93. The number of anilines is 1. The van der Waals surface area contributed by atoms with Crippen LogP contribution in [0.15, 0.2) is 59.8 Å². The van der Waals surface area contributed by atoms with Crippen molar-refractivity contribution in [3.05, 3.63) is 60.2 Å². The van der Waals surface area contributed by atoms with Crippen molar-refractivity contribution in [3.8, 4) is 5.69 Å². The quantitative estimate of drug-likeness (QED) is 0.605. The van der Waals surface area contributed by atoms with E-state index in [1.165, 1.54) is 17.3 Å². The molecule has 0 saturated carbocycles. The van der Waals surface area contributed by atoms with Gasteiger partial charge in [-0.3, -0.25) is 4.79 Å². The Hall–Kier alpha value is -2.67. The highest BCUT2D eigenvalue weighted by Crippen LogP contribution is 2.26. The van der Waals surface area contributed by atoms with E-state index in [-0.39, 0.29) is 11.2 Å². The van der Waals surface area contributed by atoms with Crippen LogP contribution in [-0.4, -0.2) is 38.4 Å². The average molecular weight is 382 g/mol. The van der Waals surface area contributed by atoms with Gasteiger partial charge in [-0.2, -0.15) is 4.68 Å². The number of thioether (sulfide) groups is 1. The molecule has 0 spiro atoms. The number of tetrazole rings is 1. The number of nitrogens with zero attached hydrogens (tertiary/aromatic N) is 5. The lowest BCUT2D eigenvalue weighted by Crippen LogP contribution is -2.33. The molecule has 0 N–H and O–H groups in total. The summed E-state index contributed by atoms with van der Waals surface area (Å²) < 4.78 is 1.67. The molecule has 1 unspecified atom stereocenters. The number of rotatable bonds is 6. The first-order valence-corrected chi connectivity index (χ1v) is 9.73. The summed E-state index contributed by atoms with van der Waals surface area (Å²) >= 11 is 1.35. The molecule has 0 saturated heterocycles. The lowest BCUT2D eigenvalue weighted by atomic mass is 10.0. The second-order valence-corrected chi connectivity index (χ2v) is 7.92. The number of benzene rings is 2. The van der Waals surface area contributed by atoms with Gasteiger partial charge in [-0.15, -0.1) is 5.10 Å². The first kappa shape index (κ1) is 19.1. The number of carbonyl (C=O) groups excluding carboxylic acids is 1. The topological polar surface area (TPSA) is 63.9 Å². The van der Waals surface area contributed by atoms with Crippen molar-refractivity contribution in [2.24, 2.45) is 0 Å². The molecule has 0 radical (unpaired) electrons. The van der Waals surface area contributed by atoms with Crippen LogP contribution >= 0.6 is 11.8 Å². The van der Waals surface area contributed by atoms with E-state index in [1.807, 2.05) is 49.4 Å². The van der Waals surface area contributed by atoms with E-state index in [1.54, 1.807) is 16.6 Å². The van der Waals surface area contributed by atoms with Crippen molar-refractivity contribution < 1.29 is 4.79 Å². The Kier molecular flexibility index (Phi) is 5.91. The number of carbonyl (C=O) groups is 1. The first-order valence-electron chi connectivity index (χ1n) is 8.85. The summed E-state index contributed by atoms with van der Waals surface area (Å²) in [4.78, 5) is 14.4. The van der Waals surface area contributed by atoms with Crippen LogP contribution in [0.25, 0.3) is 5.69 Å². The van der Waals surface area contributed by atoms with Gasteiger partial charge in [0, 0.05) is 12.7 Å². The van der Waals surface area contributed by atoms with Crippen LogP contribution in [-0.2, 0) is 4.79 Å². The number of amides is 1. The van der Waals surface area contributed by atoms with Crippen LogP contribution in [0.4, 0.5) is 5.69 Å². The Morgan fingerprint density at radius 3 is 2.33 bits per heavy atom. The Labute approximate surface area is 163 Å². The number of hydrogen-bond donors (Lipinski definition) is 0. The van der Waals surface area contributed by atoms with Crippen LogP contribution in [0.2, 0.25) is 0 Å². The van der Waals surface area contributed by atoms with E-state index in [0.717, 1.165) is 11.4 Å². The lowest BCUT2D eigenvalue weighted by Gasteiger charge is -2.20. The van der Waals surface area contributed by atoms with Crippen LogP contribution in [0, 0.1) is 0 Å². The third kappa shape index (κ3) is 4.36. The van der Waals surface area contributed by atoms with E-state index in [2.05, 4.69) is 41.5 Å². The molecule has 1 heterocycles. The minimum Gasteiger partial charge on any atom is -0.315 e. The van der Waals surface area contributed by atoms with Gasteiger partial charge in [0.05, 0.1) is 10.9 Å². The summed E-state index contributed by atoms with van der Waals surface area (Å²) in [5.41, 5.74) is 3.00. The maximum absolute atomic E-state index is 12.8. The van der Waals surface area contributed by atoms with Crippen molar-refractivity contribution in [1.82, 2.24) is 20.2 Å². The molecule has 0 fully saturated rings. The largest absolute Gasteiger partial charge is 0.315 e. The van der Waals surface area contributed by atoms with Gasteiger partial charge in [-0.1, -0.05) is 55.9 Å². The molecule has 0 aliphatic rings. The van der Waals surface area contributed by atoms with Gasteiger partial charge < -0.3 is 4.90 Å². The fourth-order valence-corrected chi connectivity index (χ4v) is 3.58. The van der Waals surface area contributed by atoms with Crippen molar-refractivity contribution in [2.45, 2.75) is 37.1 Å². The highest BCUT2D eigenvalue weighted by Gasteiger charge is 2.23. The van der Waals surface area contributed by atoms with E-state index < -0.39 is 0 Å². The van der Waals surface area contributed by atoms with Crippen LogP contribution in [0.1, 0.15) is 32.3 Å². The molecule has 6 nitrogen and oxygen atoms in total. The number of hydrogen-bond acceptors (Lipinski definition) is 5. The van der Waals surface area contributed by atoms with Gasteiger partial charge in [-0.05, 0) is 53.1 Å². The minimum atomic E-state index is -0.324. The highest BCUT2D eigenvalue weighted by atomic mass is 32.2. The standard InChI is InChI=1S/C20H23N5OS/c1-14(2)16-10-12-18(13-11-16)25-20(21-22-23-25)27-15(3)19(26)24(4)17-8-6-5-7-9-17/h5-15H,1-4H3. The number of para-hydroxylation sites is 1. The van der Waals surface area contributed by atoms with E-state index in [9.17, 15) is 4.79 Å². The third-order valence-electron chi connectivity index (χ3n) is 4.35. The van der Waals surface area contributed by atoms with E-state index in [4.69, 9.17) is 0 Å². The Morgan fingerprint density at radius 1 is 1.04 bits per heavy atom. The molecule has 2 aromatic carbocycles. The smallest absolute Gasteiger partial charge is 0.240 e. The summed E-state index contributed by atoms with van der Waals surface area (Å²) in [6.45, 7) is 6.18. The Balaban J connectivity index is 1.75. The fraction of sp³-hybridized carbons (Fsp3) is 0.300. The van der Waals surface area contributed by atoms with Crippen molar-refractivity contribution in [1.29, 1.82) is 0 Å². The summed E-state index contributed by atoms with van der Waals surface area (Å²) in [6.07, 6.45) is 0. The molecule has 27 heavy (non-hydrogen) atoms. The molecule has 3 rings (SSSR count). The van der Waals surface area contributed by atoms with Gasteiger partial charge >= 0.3 is 0 Å². The highest BCUT2D eigenvalue weighted by molar-refractivity contribution is 8.00. The zero-order valence-corrected chi connectivity index (χ0v) is 16.7. The fourth-order valence-electron chi connectivity index (χ4n) is 2.67. The first-order chi connectivity index (χ1) is 13.0. The molecule has 3 aromatic rings.